The van der Waals surface area contributed by atoms with E-state index in [0.29, 0.717) is 12.2 Å². The number of phenolic OH excluding ortho intramolecular Hbond substituents is 1. The van der Waals surface area contributed by atoms with Crippen LogP contribution in [0.5, 0.6) is 5.75 Å². The molecule has 0 aliphatic heterocycles. The van der Waals surface area contributed by atoms with Gasteiger partial charge in [-0.05, 0) is 18.1 Å². The summed E-state index contributed by atoms with van der Waals surface area (Å²) in [7, 11) is 0. The van der Waals surface area contributed by atoms with Gasteiger partial charge in [0.1, 0.15) is 11.6 Å². The summed E-state index contributed by atoms with van der Waals surface area (Å²) < 4.78 is 0. The van der Waals surface area contributed by atoms with E-state index in [4.69, 9.17) is 5.73 Å². The van der Waals surface area contributed by atoms with E-state index in [2.05, 4.69) is 15.2 Å². The van der Waals surface area contributed by atoms with Crippen LogP contribution in [0, 0.1) is 10.1 Å². The Balaban J connectivity index is 1.85. The molecule has 8 heteroatoms. The zero-order chi connectivity index (χ0) is 17.1. The van der Waals surface area contributed by atoms with E-state index in [1.165, 1.54) is 18.2 Å². The molecule has 0 aliphatic carbocycles. The van der Waals surface area contributed by atoms with Gasteiger partial charge in [-0.1, -0.05) is 30.3 Å². The number of non-ortho nitro benzene ring substituents is 1. The van der Waals surface area contributed by atoms with Crippen LogP contribution in [0.3, 0.4) is 0 Å². The van der Waals surface area contributed by atoms with Gasteiger partial charge >= 0.3 is 0 Å². The van der Waals surface area contributed by atoms with E-state index in [-0.39, 0.29) is 22.8 Å². The van der Waals surface area contributed by atoms with Crippen molar-refractivity contribution in [2.75, 3.05) is 0 Å². The van der Waals surface area contributed by atoms with E-state index in [1.54, 1.807) is 0 Å². The van der Waals surface area contributed by atoms with Crippen molar-refractivity contribution < 1.29 is 10.0 Å². The number of nitrogens with two attached hydrogens (primary N) is 1. The third-order valence-electron chi connectivity index (χ3n) is 3.58. The number of hydrogen-bond donors (Lipinski definition) is 3. The first-order chi connectivity index (χ1) is 11.5. The van der Waals surface area contributed by atoms with Crippen LogP contribution in [0.15, 0.2) is 48.5 Å². The molecule has 2 aromatic carbocycles. The molecule has 1 atom stereocenters. The Morgan fingerprint density at radius 1 is 1.25 bits per heavy atom. The minimum absolute atomic E-state index is 0.136. The summed E-state index contributed by atoms with van der Waals surface area (Å²) in [4.78, 5) is 14.6. The van der Waals surface area contributed by atoms with Crippen LogP contribution >= 0.6 is 0 Å². The summed E-state index contributed by atoms with van der Waals surface area (Å²) in [6, 6.07) is 13.0. The number of aromatic hydroxyl groups is 1. The standard InChI is InChI=1S/C16H15N5O3/c17-13(8-10-4-2-1-3-5-10)16-18-15(19-20-16)12-9-11(21(23)24)6-7-14(12)22/h1-7,9,13,22H,8,17H2,(H,18,19,20)/t13-/m0/s1. The first-order valence-corrected chi connectivity index (χ1v) is 7.24. The first kappa shape index (κ1) is 15.6. The number of rotatable bonds is 5. The summed E-state index contributed by atoms with van der Waals surface area (Å²) in [5.74, 6) is 0.470. The van der Waals surface area contributed by atoms with Gasteiger partial charge in [-0.15, -0.1) is 0 Å². The van der Waals surface area contributed by atoms with Gasteiger partial charge in [0.2, 0.25) is 0 Å². The maximum absolute atomic E-state index is 10.9. The summed E-state index contributed by atoms with van der Waals surface area (Å²) in [6.45, 7) is 0. The zero-order valence-corrected chi connectivity index (χ0v) is 12.6. The van der Waals surface area contributed by atoms with Crippen LogP contribution in [0.25, 0.3) is 11.4 Å². The van der Waals surface area contributed by atoms with Crippen molar-refractivity contribution in [2.45, 2.75) is 12.5 Å². The van der Waals surface area contributed by atoms with Gasteiger partial charge in [0, 0.05) is 12.1 Å². The zero-order valence-electron chi connectivity index (χ0n) is 12.6. The van der Waals surface area contributed by atoms with Crippen molar-refractivity contribution in [2.24, 2.45) is 5.73 Å². The van der Waals surface area contributed by atoms with E-state index in [0.717, 1.165) is 5.56 Å². The molecule has 0 bridgehead atoms. The molecule has 24 heavy (non-hydrogen) atoms. The molecule has 122 valence electrons. The van der Waals surface area contributed by atoms with E-state index in [1.807, 2.05) is 30.3 Å². The molecule has 0 aliphatic rings. The SMILES string of the molecule is N[C@@H](Cc1ccccc1)c1nc(-c2cc([N+](=O)[O-])ccc2O)n[nH]1. The fraction of sp³-hybridized carbons (Fsp3) is 0.125. The highest BCUT2D eigenvalue weighted by molar-refractivity contribution is 5.66. The molecule has 0 amide bonds. The van der Waals surface area contributed by atoms with Crippen LogP contribution in [0.1, 0.15) is 17.4 Å². The van der Waals surface area contributed by atoms with Gasteiger partial charge < -0.3 is 10.8 Å². The maximum atomic E-state index is 10.9. The highest BCUT2D eigenvalue weighted by Crippen LogP contribution is 2.30. The molecule has 0 spiro atoms. The molecular weight excluding hydrogens is 310 g/mol. The molecular formula is C16H15N5O3. The van der Waals surface area contributed by atoms with Crippen molar-refractivity contribution in [1.29, 1.82) is 0 Å². The molecule has 0 radical (unpaired) electrons. The van der Waals surface area contributed by atoms with Gasteiger partial charge in [0.05, 0.1) is 16.5 Å². The summed E-state index contributed by atoms with van der Waals surface area (Å²) in [5, 5.41) is 27.5. The second-order valence-corrected chi connectivity index (χ2v) is 5.30. The van der Waals surface area contributed by atoms with E-state index in [9.17, 15) is 15.2 Å². The second-order valence-electron chi connectivity index (χ2n) is 5.30. The first-order valence-electron chi connectivity index (χ1n) is 7.24. The Hall–Kier alpha value is -3.26. The number of H-pyrrole nitrogens is 1. The van der Waals surface area contributed by atoms with Crippen LogP contribution < -0.4 is 5.73 Å². The molecule has 0 saturated carbocycles. The van der Waals surface area contributed by atoms with Crippen molar-refractivity contribution >= 4 is 5.69 Å². The Morgan fingerprint density at radius 2 is 2.00 bits per heavy atom. The molecule has 1 aromatic heterocycles. The van der Waals surface area contributed by atoms with Gasteiger partial charge in [0.25, 0.3) is 5.69 Å². The largest absolute Gasteiger partial charge is 0.507 e. The molecule has 8 nitrogen and oxygen atoms in total. The highest BCUT2D eigenvalue weighted by atomic mass is 16.6. The van der Waals surface area contributed by atoms with Crippen molar-refractivity contribution in [3.63, 3.8) is 0 Å². The smallest absolute Gasteiger partial charge is 0.270 e. The summed E-state index contributed by atoms with van der Waals surface area (Å²) >= 11 is 0. The van der Waals surface area contributed by atoms with Gasteiger partial charge in [-0.25, -0.2) is 4.98 Å². The lowest BCUT2D eigenvalue weighted by Crippen LogP contribution is -2.15. The Kier molecular flexibility index (Phi) is 4.21. The lowest BCUT2D eigenvalue weighted by Gasteiger charge is -2.07. The molecule has 4 N–H and O–H groups in total. The third-order valence-corrected chi connectivity index (χ3v) is 3.58. The number of aromatic nitrogens is 3. The summed E-state index contributed by atoms with van der Waals surface area (Å²) in [6.07, 6.45) is 0.566. The fourth-order valence-corrected chi connectivity index (χ4v) is 2.34. The molecule has 0 unspecified atom stereocenters. The minimum Gasteiger partial charge on any atom is -0.507 e. The minimum atomic E-state index is -0.544. The molecule has 1 heterocycles. The van der Waals surface area contributed by atoms with Crippen LogP contribution in [0.2, 0.25) is 0 Å². The van der Waals surface area contributed by atoms with Crippen LogP contribution in [0.4, 0.5) is 5.69 Å². The average Bonchev–Trinajstić information content (AvgIpc) is 3.06. The van der Waals surface area contributed by atoms with Crippen LogP contribution in [-0.2, 0) is 6.42 Å². The number of hydrogen-bond acceptors (Lipinski definition) is 6. The number of nitrogens with zero attached hydrogens (tertiary/aromatic N) is 3. The topological polar surface area (TPSA) is 131 Å². The van der Waals surface area contributed by atoms with Crippen molar-refractivity contribution in [3.8, 4) is 17.1 Å². The quantitative estimate of drug-likeness (QED) is 0.487. The third kappa shape index (κ3) is 3.23. The number of benzene rings is 2. The van der Waals surface area contributed by atoms with Gasteiger partial charge in [0.15, 0.2) is 5.82 Å². The molecule has 0 fully saturated rings. The molecule has 3 rings (SSSR count). The Morgan fingerprint density at radius 3 is 2.71 bits per heavy atom. The van der Waals surface area contributed by atoms with E-state index >= 15 is 0 Å². The molecule has 0 saturated heterocycles. The maximum Gasteiger partial charge on any atom is 0.270 e. The number of phenols is 1. The van der Waals surface area contributed by atoms with Crippen LogP contribution in [-0.4, -0.2) is 25.2 Å². The predicted molar refractivity (Wildman–Crippen MR) is 87.2 cm³/mol. The fourth-order valence-electron chi connectivity index (χ4n) is 2.34. The highest BCUT2D eigenvalue weighted by Gasteiger charge is 2.18. The lowest BCUT2D eigenvalue weighted by atomic mass is 10.1. The van der Waals surface area contributed by atoms with Crippen molar-refractivity contribution in [3.05, 3.63) is 70.0 Å². The van der Waals surface area contributed by atoms with Gasteiger partial charge in [-0.3, -0.25) is 15.2 Å². The number of nitrogens with one attached hydrogen (secondary N) is 1. The predicted octanol–water partition coefficient (Wildman–Crippen LogP) is 2.33. The average molecular weight is 325 g/mol. The van der Waals surface area contributed by atoms with E-state index < -0.39 is 11.0 Å². The lowest BCUT2D eigenvalue weighted by molar-refractivity contribution is -0.384. The monoisotopic (exact) mass is 325 g/mol. The normalized spacial score (nSPS) is 12.0. The Labute approximate surface area is 137 Å². The number of nitro benzene ring substituents is 1. The number of nitro groups is 1. The second kappa shape index (κ2) is 6.47. The number of aromatic amines is 1. The molecule has 3 aromatic rings. The Bertz CT molecular complexity index is 863. The summed E-state index contributed by atoms with van der Waals surface area (Å²) in [5.41, 5.74) is 7.22. The van der Waals surface area contributed by atoms with Crippen molar-refractivity contribution in [1.82, 2.24) is 15.2 Å². The van der Waals surface area contributed by atoms with Gasteiger partial charge in [-0.2, -0.15) is 5.10 Å².